The lowest BCUT2D eigenvalue weighted by Gasteiger charge is -2.08. The Hall–Kier alpha value is -1.86. The molecule has 1 aromatic carbocycles. The maximum atomic E-state index is 12.1. The Morgan fingerprint density at radius 2 is 2.14 bits per heavy atom. The molecule has 0 radical (unpaired) electrons. The molecule has 0 aliphatic carbocycles. The Kier molecular flexibility index (Phi) is 4.87. The molecule has 1 heterocycles. The van der Waals surface area contributed by atoms with Gasteiger partial charge in [0.05, 0.1) is 11.1 Å². The highest BCUT2D eigenvalue weighted by molar-refractivity contribution is 7.90. The van der Waals surface area contributed by atoms with Gasteiger partial charge in [-0.25, -0.2) is 13.1 Å². The Balaban J connectivity index is 2.01. The molecular weight excluding hydrogens is 326 g/mol. The number of nitrogens with one attached hydrogen (secondary N) is 1. The van der Waals surface area contributed by atoms with Gasteiger partial charge in [0.25, 0.3) is 10.0 Å². The maximum absolute atomic E-state index is 12.1. The Labute approximate surface area is 134 Å². The van der Waals surface area contributed by atoms with Gasteiger partial charge in [-0.05, 0) is 36.6 Å². The predicted octanol–water partition coefficient (Wildman–Crippen LogP) is 1.82. The van der Waals surface area contributed by atoms with Crippen molar-refractivity contribution in [2.75, 3.05) is 0 Å². The van der Waals surface area contributed by atoms with Gasteiger partial charge in [-0.15, -0.1) is 0 Å². The Bertz CT molecular complexity index is 799. The van der Waals surface area contributed by atoms with Crippen LogP contribution in [0.5, 0.6) is 0 Å². The number of amides is 1. The second-order valence-electron chi connectivity index (χ2n) is 4.96. The van der Waals surface area contributed by atoms with Gasteiger partial charge < -0.3 is 0 Å². The Morgan fingerprint density at radius 3 is 2.73 bits per heavy atom. The van der Waals surface area contributed by atoms with Crippen LogP contribution in [0.2, 0.25) is 5.02 Å². The minimum Gasteiger partial charge on any atom is -0.276 e. The van der Waals surface area contributed by atoms with Gasteiger partial charge in [-0.2, -0.15) is 5.10 Å². The zero-order chi connectivity index (χ0) is 16.3. The van der Waals surface area contributed by atoms with Crippen LogP contribution in [-0.2, 0) is 28.3 Å². The number of carbonyl (C=O) groups is 1. The number of hydrogen-bond acceptors (Lipinski definition) is 4. The number of nitrogens with zero attached hydrogens (tertiary/aromatic N) is 2. The Morgan fingerprint density at radius 1 is 1.41 bits per heavy atom. The molecule has 1 aromatic heterocycles. The van der Waals surface area contributed by atoms with E-state index in [-0.39, 0.29) is 11.3 Å². The van der Waals surface area contributed by atoms with Crippen molar-refractivity contribution in [2.45, 2.75) is 24.7 Å². The van der Waals surface area contributed by atoms with Crippen molar-refractivity contribution in [3.05, 3.63) is 46.7 Å². The summed E-state index contributed by atoms with van der Waals surface area (Å²) in [6.07, 6.45) is 3.90. The smallest absolute Gasteiger partial charge is 0.264 e. The maximum Gasteiger partial charge on any atom is 0.264 e. The van der Waals surface area contributed by atoms with Crippen LogP contribution in [0.3, 0.4) is 0 Å². The lowest BCUT2D eigenvalue weighted by molar-refractivity contribution is -0.119. The fraction of sp³-hybridized carbons (Fsp3) is 0.286. The van der Waals surface area contributed by atoms with Gasteiger partial charge >= 0.3 is 0 Å². The summed E-state index contributed by atoms with van der Waals surface area (Å²) in [7, 11) is -2.13. The zero-order valence-corrected chi connectivity index (χ0v) is 13.8. The number of sulfonamides is 1. The fourth-order valence-corrected chi connectivity index (χ4v) is 3.14. The van der Waals surface area contributed by atoms with Crippen molar-refractivity contribution < 1.29 is 13.2 Å². The molecule has 0 aliphatic heterocycles. The molecule has 2 aromatic rings. The van der Waals surface area contributed by atoms with Crippen molar-refractivity contribution in [1.29, 1.82) is 0 Å². The van der Waals surface area contributed by atoms with Crippen molar-refractivity contribution in [1.82, 2.24) is 14.5 Å². The summed E-state index contributed by atoms with van der Waals surface area (Å²) in [4.78, 5) is 11.8. The molecule has 0 spiro atoms. The van der Waals surface area contributed by atoms with E-state index >= 15 is 0 Å². The zero-order valence-electron chi connectivity index (χ0n) is 12.2. The SMILES string of the molecule is Cc1ccc(S(=O)(=O)NC(=O)CCc2cnn(C)c2)cc1Cl. The van der Waals surface area contributed by atoms with E-state index in [1.165, 1.54) is 12.1 Å². The van der Waals surface area contributed by atoms with E-state index in [2.05, 4.69) is 5.10 Å². The van der Waals surface area contributed by atoms with Crippen LogP contribution < -0.4 is 4.72 Å². The highest BCUT2D eigenvalue weighted by Gasteiger charge is 2.18. The summed E-state index contributed by atoms with van der Waals surface area (Å²) in [5.41, 5.74) is 1.64. The van der Waals surface area contributed by atoms with Crippen molar-refractivity contribution in [3.63, 3.8) is 0 Å². The highest BCUT2D eigenvalue weighted by atomic mass is 35.5. The van der Waals surface area contributed by atoms with Crippen molar-refractivity contribution in [3.8, 4) is 0 Å². The van der Waals surface area contributed by atoms with Crippen LogP contribution in [-0.4, -0.2) is 24.1 Å². The summed E-state index contributed by atoms with van der Waals surface area (Å²) in [6.45, 7) is 1.77. The minimum absolute atomic E-state index is 0.0298. The number of carbonyl (C=O) groups excluding carboxylic acids is 1. The second kappa shape index (κ2) is 6.50. The largest absolute Gasteiger partial charge is 0.276 e. The number of aryl methyl sites for hydroxylation is 3. The number of aromatic nitrogens is 2. The molecule has 118 valence electrons. The first-order valence-corrected chi connectivity index (χ1v) is 8.43. The molecule has 8 heteroatoms. The number of hydrogen-bond donors (Lipinski definition) is 1. The molecule has 0 fully saturated rings. The highest BCUT2D eigenvalue weighted by Crippen LogP contribution is 2.19. The van der Waals surface area contributed by atoms with Crippen molar-refractivity contribution in [2.24, 2.45) is 7.05 Å². The third kappa shape index (κ3) is 4.08. The number of halogens is 1. The molecule has 0 bridgehead atoms. The van der Waals surface area contributed by atoms with E-state index in [4.69, 9.17) is 11.6 Å². The molecule has 22 heavy (non-hydrogen) atoms. The predicted molar refractivity (Wildman–Crippen MR) is 83.0 cm³/mol. The first-order valence-electron chi connectivity index (χ1n) is 6.57. The normalized spacial score (nSPS) is 11.4. The average molecular weight is 342 g/mol. The molecule has 1 N–H and O–H groups in total. The van der Waals surface area contributed by atoms with Crippen LogP contribution in [0.25, 0.3) is 0 Å². The van der Waals surface area contributed by atoms with Gasteiger partial charge in [0, 0.05) is 24.7 Å². The standard InChI is InChI=1S/C14H16ClN3O3S/c1-10-3-5-12(7-13(10)15)22(20,21)17-14(19)6-4-11-8-16-18(2)9-11/h3,5,7-9H,4,6H2,1-2H3,(H,17,19). The van der Waals surface area contributed by atoms with Crippen LogP contribution in [0.4, 0.5) is 0 Å². The molecule has 1 amide bonds. The van der Waals surface area contributed by atoms with E-state index in [1.807, 2.05) is 4.72 Å². The fourth-order valence-electron chi connectivity index (χ4n) is 1.86. The monoisotopic (exact) mass is 341 g/mol. The van der Waals surface area contributed by atoms with Gasteiger partial charge in [0.1, 0.15) is 0 Å². The molecular formula is C14H16ClN3O3S. The van der Waals surface area contributed by atoms with Gasteiger partial charge in [0.2, 0.25) is 5.91 Å². The van der Waals surface area contributed by atoms with Crippen LogP contribution in [0.15, 0.2) is 35.5 Å². The van der Waals surface area contributed by atoms with E-state index in [1.54, 1.807) is 37.1 Å². The average Bonchev–Trinajstić information content (AvgIpc) is 2.85. The van der Waals surface area contributed by atoms with Crippen LogP contribution in [0.1, 0.15) is 17.5 Å². The molecule has 0 aliphatic rings. The van der Waals surface area contributed by atoms with Gasteiger partial charge in [0.15, 0.2) is 0 Å². The molecule has 0 saturated carbocycles. The lowest BCUT2D eigenvalue weighted by atomic mass is 10.2. The summed E-state index contributed by atoms with van der Waals surface area (Å²) in [5, 5.41) is 4.33. The molecule has 0 saturated heterocycles. The second-order valence-corrected chi connectivity index (χ2v) is 7.05. The van der Waals surface area contributed by atoms with E-state index in [0.29, 0.717) is 11.4 Å². The molecule has 2 rings (SSSR count). The van der Waals surface area contributed by atoms with E-state index in [9.17, 15) is 13.2 Å². The summed E-state index contributed by atoms with van der Waals surface area (Å²) < 4.78 is 27.9. The first-order chi connectivity index (χ1) is 10.3. The lowest BCUT2D eigenvalue weighted by Crippen LogP contribution is -2.30. The first kappa shape index (κ1) is 16.5. The third-order valence-electron chi connectivity index (χ3n) is 3.10. The molecule has 0 unspecified atom stereocenters. The quantitative estimate of drug-likeness (QED) is 0.899. The molecule has 6 nitrogen and oxygen atoms in total. The van der Waals surface area contributed by atoms with E-state index in [0.717, 1.165) is 11.1 Å². The minimum atomic E-state index is -3.90. The van der Waals surface area contributed by atoms with Crippen LogP contribution >= 0.6 is 11.6 Å². The van der Waals surface area contributed by atoms with E-state index < -0.39 is 15.9 Å². The summed E-state index contributed by atoms with van der Waals surface area (Å²) in [5.74, 6) is -0.569. The number of benzene rings is 1. The topological polar surface area (TPSA) is 81.1 Å². The summed E-state index contributed by atoms with van der Waals surface area (Å²) >= 11 is 5.91. The van der Waals surface area contributed by atoms with Crippen molar-refractivity contribution >= 4 is 27.5 Å². The van der Waals surface area contributed by atoms with Gasteiger partial charge in [-0.3, -0.25) is 9.48 Å². The van der Waals surface area contributed by atoms with Gasteiger partial charge in [-0.1, -0.05) is 17.7 Å². The summed E-state index contributed by atoms with van der Waals surface area (Å²) in [6, 6.07) is 4.34. The molecule has 0 atom stereocenters. The third-order valence-corrected chi connectivity index (χ3v) is 4.88. The number of rotatable bonds is 5. The van der Waals surface area contributed by atoms with Crippen LogP contribution in [0, 0.1) is 6.92 Å².